The van der Waals surface area contributed by atoms with Gasteiger partial charge in [0.15, 0.2) is 5.69 Å². The van der Waals surface area contributed by atoms with Crippen molar-refractivity contribution in [1.82, 2.24) is 25.0 Å². The van der Waals surface area contributed by atoms with Crippen LogP contribution in [0.2, 0.25) is 0 Å². The number of pyridine rings is 1. The van der Waals surface area contributed by atoms with Gasteiger partial charge >= 0.3 is 0 Å². The van der Waals surface area contributed by atoms with E-state index in [4.69, 9.17) is 0 Å². The maximum Gasteiger partial charge on any atom is 0.272 e. The van der Waals surface area contributed by atoms with Gasteiger partial charge in [0.2, 0.25) is 0 Å². The number of amides is 2. The Morgan fingerprint density at radius 2 is 2.03 bits per heavy atom. The topological polar surface area (TPSA) is 80.1 Å². The van der Waals surface area contributed by atoms with E-state index in [1.165, 1.54) is 18.2 Å². The molecule has 0 spiro atoms. The molecule has 0 radical (unpaired) electrons. The summed E-state index contributed by atoms with van der Waals surface area (Å²) in [6, 6.07) is 13.3. The lowest BCUT2D eigenvalue weighted by Gasteiger charge is -2.27. The molecule has 2 aromatic heterocycles. The molecule has 148 valence electrons. The number of halogens is 1. The van der Waals surface area contributed by atoms with Gasteiger partial charge in [-0.05, 0) is 29.8 Å². The first kappa shape index (κ1) is 18.8. The van der Waals surface area contributed by atoms with Crippen LogP contribution in [-0.4, -0.2) is 44.6 Å². The van der Waals surface area contributed by atoms with E-state index in [9.17, 15) is 14.0 Å². The van der Waals surface area contributed by atoms with Gasteiger partial charge in [0, 0.05) is 44.0 Å². The van der Waals surface area contributed by atoms with E-state index >= 15 is 0 Å². The van der Waals surface area contributed by atoms with Crippen molar-refractivity contribution in [2.75, 3.05) is 13.1 Å². The Morgan fingerprint density at radius 1 is 1.14 bits per heavy atom. The summed E-state index contributed by atoms with van der Waals surface area (Å²) < 4.78 is 14.9. The summed E-state index contributed by atoms with van der Waals surface area (Å²) in [4.78, 5) is 31.0. The van der Waals surface area contributed by atoms with Crippen LogP contribution in [0.1, 0.15) is 32.2 Å². The molecule has 2 amide bonds. The van der Waals surface area contributed by atoms with Crippen LogP contribution < -0.4 is 5.32 Å². The van der Waals surface area contributed by atoms with E-state index in [2.05, 4.69) is 15.4 Å². The van der Waals surface area contributed by atoms with E-state index in [0.717, 1.165) is 11.3 Å². The number of hydrogen-bond donors (Lipinski definition) is 1. The SMILES string of the molecule is O=C(NCCc1ccccn1)c1cc2n(n1)CCN(Cc1cccc(F)c1)C2=O. The van der Waals surface area contributed by atoms with Crippen LogP contribution >= 0.6 is 0 Å². The monoisotopic (exact) mass is 393 g/mol. The lowest BCUT2D eigenvalue weighted by Crippen LogP contribution is -2.39. The lowest BCUT2D eigenvalue weighted by molar-refractivity contribution is 0.0682. The first-order chi connectivity index (χ1) is 14.1. The molecule has 0 unspecified atom stereocenters. The number of fused-ring (bicyclic) bond motifs is 1. The summed E-state index contributed by atoms with van der Waals surface area (Å²) in [7, 11) is 0. The zero-order valence-electron chi connectivity index (χ0n) is 15.7. The van der Waals surface area contributed by atoms with Crippen molar-refractivity contribution < 1.29 is 14.0 Å². The third-order valence-corrected chi connectivity index (χ3v) is 4.76. The van der Waals surface area contributed by atoms with Crippen molar-refractivity contribution >= 4 is 11.8 Å². The molecule has 0 aliphatic carbocycles. The molecular weight excluding hydrogens is 373 g/mol. The normalized spacial score (nSPS) is 13.3. The van der Waals surface area contributed by atoms with E-state index in [1.807, 2.05) is 18.2 Å². The highest BCUT2D eigenvalue weighted by molar-refractivity contribution is 5.98. The molecule has 0 atom stereocenters. The van der Waals surface area contributed by atoms with Gasteiger partial charge in [0.25, 0.3) is 11.8 Å². The molecule has 0 saturated carbocycles. The highest BCUT2D eigenvalue weighted by atomic mass is 19.1. The Morgan fingerprint density at radius 3 is 2.83 bits per heavy atom. The number of aromatic nitrogens is 3. The molecule has 7 nitrogen and oxygen atoms in total. The maximum absolute atomic E-state index is 13.4. The molecule has 3 heterocycles. The fourth-order valence-corrected chi connectivity index (χ4v) is 3.30. The fourth-order valence-electron chi connectivity index (χ4n) is 3.30. The largest absolute Gasteiger partial charge is 0.350 e. The first-order valence-electron chi connectivity index (χ1n) is 9.40. The van der Waals surface area contributed by atoms with Crippen LogP contribution in [0.15, 0.2) is 54.7 Å². The number of hydrogen-bond acceptors (Lipinski definition) is 4. The number of nitrogens with zero attached hydrogens (tertiary/aromatic N) is 4. The van der Waals surface area contributed by atoms with Crippen LogP contribution in [0.5, 0.6) is 0 Å². The molecule has 0 bridgehead atoms. The molecule has 1 aliphatic rings. The molecule has 4 rings (SSSR count). The Bertz CT molecular complexity index is 1030. The van der Waals surface area contributed by atoms with E-state index in [-0.39, 0.29) is 23.3 Å². The second-order valence-electron chi connectivity index (χ2n) is 6.82. The van der Waals surface area contributed by atoms with Crippen molar-refractivity contribution in [1.29, 1.82) is 0 Å². The zero-order chi connectivity index (χ0) is 20.2. The first-order valence-corrected chi connectivity index (χ1v) is 9.40. The average Bonchev–Trinajstić information content (AvgIpc) is 3.16. The number of nitrogens with one attached hydrogen (secondary N) is 1. The van der Waals surface area contributed by atoms with Crippen LogP contribution in [0.3, 0.4) is 0 Å². The summed E-state index contributed by atoms with van der Waals surface area (Å²) in [5, 5.41) is 7.07. The van der Waals surface area contributed by atoms with Gasteiger partial charge in [0.05, 0.1) is 6.54 Å². The van der Waals surface area contributed by atoms with Crippen LogP contribution in [0.25, 0.3) is 0 Å². The van der Waals surface area contributed by atoms with Crippen LogP contribution in [-0.2, 0) is 19.5 Å². The molecule has 0 saturated heterocycles. The number of carbonyl (C=O) groups is 2. The van der Waals surface area contributed by atoms with Gasteiger partial charge in [-0.2, -0.15) is 5.10 Å². The summed E-state index contributed by atoms with van der Waals surface area (Å²) in [6.45, 7) is 1.67. The van der Waals surface area contributed by atoms with Crippen molar-refractivity contribution in [2.45, 2.75) is 19.5 Å². The van der Waals surface area contributed by atoms with E-state index < -0.39 is 0 Å². The Labute approximate surface area is 167 Å². The molecule has 8 heteroatoms. The number of benzene rings is 1. The third kappa shape index (κ3) is 4.31. The van der Waals surface area contributed by atoms with Crippen LogP contribution in [0.4, 0.5) is 4.39 Å². The number of carbonyl (C=O) groups excluding carboxylic acids is 2. The second-order valence-corrected chi connectivity index (χ2v) is 6.82. The smallest absolute Gasteiger partial charge is 0.272 e. The molecular formula is C21H20FN5O2. The summed E-state index contributed by atoms with van der Waals surface area (Å²) in [5.74, 6) is -0.880. The quantitative estimate of drug-likeness (QED) is 0.695. The average molecular weight is 393 g/mol. The maximum atomic E-state index is 13.4. The predicted molar refractivity (Wildman–Crippen MR) is 104 cm³/mol. The highest BCUT2D eigenvalue weighted by Crippen LogP contribution is 2.17. The molecule has 0 fully saturated rings. The van der Waals surface area contributed by atoms with Gasteiger partial charge in [-0.1, -0.05) is 18.2 Å². The van der Waals surface area contributed by atoms with Crippen molar-refractivity contribution in [3.05, 3.63) is 83.2 Å². The fraction of sp³-hybridized carbons (Fsp3) is 0.238. The van der Waals surface area contributed by atoms with Gasteiger partial charge in [0.1, 0.15) is 11.5 Å². The van der Waals surface area contributed by atoms with Gasteiger partial charge in [-0.15, -0.1) is 0 Å². The van der Waals surface area contributed by atoms with Crippen molar-refractivity contribution in [3.63, 3.8) is 0 Å². The Hall–Kier alpha value is -3.55. The molecule has 29 heavy (non-hydrogen) atoms. The molecule has 3 aromatic rings. The minimum atomic E-state index is -0.332. The van der Waals surface area contributed by atoms with Crippen molar-refractivity contribution in [3.8, 4) is 0 Å². The molecule has 1 aromatic carbocycles. The van der Waals surface area contributed by atoms with Gasteiger partial charge < -0.3 is 10.2 Å². The standard InChI is InChI=1S/C21H20FN5O2/c22-16-5-3-4-15(12-16)14-26-10-11-27-19(21(26)29)13-18(25-27)20(28)24-9-7-17-6-1-2-8-23-17/h1-6,8,12-13H,7,9-11,14H2,(H,24,28). The van der Waals surface area contributed by atoms with Crippen LogP contribution in [0, 0.1) is 5.82 Å². The molecule has 1 N–H and O–H groups in total. The summed E-state index contributed by atoms with van der Waals surface area (Å²) >= 11 is 0. The molecule has 1 aliphatic heterocycles. The second kappa shape index (κ2) is 8.22. The minimum Gasteiger partial charge on any atom is -0.350 e. The Kier molecular flexibility index (Phi) is 5.33. The lowest BCUT2D eigenvalue weighted by atomic mass is 10.2. The number of rotatable bonds is 6. The van der Waals surface area contributed by atoms with Gasteiger partial charge in [-0.3, -0.25) is 19.3 Å². The van der Waals surface area contributed by atoms with E-state index in [0.29, 0.717) is 38.3 Å². The van der Waals surface area contributed by atoms with Gasteiger partial charge in [-0.25, -0.2) is 4.39 Å². The summed E-state index contributed by atoms with van der Waals surface area (Å²) in [6.07, 6.45) is 2.32. The minimum absolute atomic E-state index is 0.210. The third-order valence-electron chi connectivity index (χ3n) is 4.76. The highest BCUT2D eigenvalue weighted by Gasteiger charge is 2.28. The predicted octanol–water partition coefficient (Wildman–Crippen LogP) is 2.05. The van der Waals surface area contributed by atoms with Crippen molar-refractivity contribution in [2.24, 2.45) is 0 Å². The Balaban J connectivity index is 1.39. The van der Waals surface area contributed by atoms with E-state index in [1.54, 1.807) is 27.9 Å². The summed E-state index contributed by atoms with van der Waals surface area (Å²) in [5.41, 5.74) is 2.18. The zero-order valence-corrected chi connectivity index (χ0v) is 15.7.